The summed E-state index contributed by atoms with van der Waals surface area (Å²) >= 11 is 5.28. The second-order valence-corrected chi connectivity index (χ2v) is 16.0. The summed E-state index contributed by atoms with van der Waals surface area (Å²) in [5, 5.41) is 40.3. The van der Waals surface area contributed by atoms with Crippen molar-refractivity contribution in [2.24, 2.45) is 53.3 Å². The van der Waals surface area contributed by atoms with Crippen molar-refractivity contribution in [3.8, 4) is 0 Å². The Morgan fingerprint density at radius 1 is 0.683 bits per heavy atom. The van der Waals surface area contributed by atoms with Crippen LogP contribution in [0.25, 0.3) is 0 Å². The van der Waals surface area contributed by atoms with Crippen molar-refractivity contribution >= 4 is 31.2 Å². The molecule has 12 aliphatic carbocycles. The minimum Gasteiger partial charge on any atom is -1.00 e. The summed E-state index contributed by atoms with van der Waals surface area (Å²) in [5.74, 6) is 4.42. The van der Waals surface area contributed by atoms with E-state index in [4.69, 9.17) is 16.3 Å². The summed E-state index contributed by atoms with van der Waals surface area (Å²) in [5.41, 5.74) is -1.98. The van der Waals surface area contributed by atoms with Gasteiger partial charge in [0.05, 0.1) is 22.9 Å². The van der Waals surface area contributed by atoms with Gasteiger partial charge in [-0.05, 0) is 138 Å². The van der Waals surface area contributed by atoms with Gasteiger partial charge in [0.15, 0.2) is 0 Å². The van der Waals surface area contributed by atoms with Crippen LogP contribution in [0.2, 0.25) is 0 Å². The maximum Gasteiger partial charge on any atom is 1.00 e. The van der Waals surface area contributed by atoms with E-state index in [0.29, 0.717) is 41.3 Å². The molecule has 3 radical (unpaired) electrons. The number of carbonyl (C=O) groups excluding carboxylic acids is 2. The van der Waals surface area contributed by atoms with Crippen molar-refractivity contribution < 1.29 is 65.7 Å². The van der Waals surface area contributed by atoms with Crippen molar-refractivity contribution in [1.29, 1.82) is 0 Å². The van der Waals surface area contributed by atoms with E-state index in [-0.39, 0.29) is 69.0 Å². The van der Waals surface area contributed by atoms with Crippen LogP contribution in [-0.4, -0.2) is 69.1 Å². The summed E-state index contributed by atoms with van der Waals surface area (Å²) in [6.45, 7) is 0. The number of aliphatic hydroxyl groups is 4. The summed E-state index contributed by atoms with van der Waals surface area (Å²) < 4.78 is 5.19. The Kier molecular flexibility index (Phi) is 9.26. The number of carbonyl (C=O) groups is 2. The van der Waals surface area contributed by atoms with Gasteiger partial charge in [0.1, 0.15) is 11.9 Å². The fourth-order valence-electron chi connectivity index (χ4n) is 11.9. The number of ether oxygens (including phenoxy) is 1. The van der Waals surface area contributed by atoms with Crippen LogP contribution in [0.15, 0.2) is 0 Å². The molecule has 12 rings (SSSR count). The van der Waals surface area contributed by atoms with Gasteiger partial charge < -0.3 is 26.6 Å². The zero-order valence-electron chi connectivity index (χ0n) is 25.4. The van der Waals surface area contributed by atoms with E-state index < -0.39 is 16.6 Å². The molecule has 12 saturated carbocycles. The molecule has 6 atom stereocenters. The van der Waals surface area contributed by atoms with Crippen LogP contribution in [0, 0.1) is 53.3 Å². The Labute approximate surface area is 274 Å². The molecular formula is C31H46BClNaO7. The van der Waals surface area contributed by atoms with E-state index in [2.05, 4.69) is 0 Å². The van der Waals surface area contributed by atoms with Gasteiger partial charge in [-0.25, -0.2) is 4.79 Å². The van der Waals surface area contributed by atoms with E-state index in [0.717, 1.165) is 89.4 Å². The van der Waals surface area contributed by atoms with Crippen LogP contribution in [0.5, 0.6) is 0 Å². The fourth-order valence-corrected chi connectivity index (χ4v) is 12.0. The van der Waals surface area contributed by atoms with Crippen LogP contribution in [0.1, 0.15) is 97.7 Å². The molecule has 6 unspecified atom stereocenters. The Hall–Kier alpha value is 0.335. The number of ketones is 1. The second-order valence-electron chi connectivity index (χ2n) is 15.7. The largest absolute Gasteiger partial charge is 1.00 e. The third-order valence-corrected chi connectivity index (χ3v) is 12.6. The van der Waals surface area contributed by atoms with Crippen molar-refractivity contribution in [1.82, 2.24) is 0 Å². The molecule has 7 nitrogen and oxygen atoms in total. The average molecular weight is 600 g/mol. The molecule has 4 N–H and O–H groups in total. The number of Topliss-reactive ketones (excluding diaryl/α,β-unsaturated/α-hetero) is 1. The summed E-state index contributed by atoms with van der Waals surface area (Å²) in [6.07, 6.45) is 14.3. The Balaban J connectivity index is 0.000000141. The van der Waals surface area contributed by atoms with E-state index in [1.54, 1.807) is 0 Å². The third-order valence-electron chi connectivity index (χ3n) is 12.5. The molecule has 0 saturated heterocycles. The molecule has 0 aliphatic heterocycles. The molecule has 0 heterocycles. The van der Waals surface area contributed by atoms with Gasteiger partial charge in [0, 0.05) is 31.8 Å². The van der Waals surface area contributed by atoms with Gasteiger partial charge in [-0.15, -0.1) is 0 Å². The molecular weight excluding hydrogens is 554 g/mol. The average Bonchev–Trinajstić information content (AvgIpc) is 2.81. The first-order chi connectivity index (χ1) is 18.4. The van der Waals surface area contributed by atoms with E-state index in [1.807, 2.05) is 0 Å². The first kappa shape index (κ1) is 32.7. The van der Waals surface area contributed by atoms with Gasteiger partial charge in [-0.3, -0.25) is 4.79 Å². The van der Waals surface area contributed by atoms with Crippen molar-refractivity contribution in [3.63, 3.8) is 0 Å². The number of rotatable bonds is 1. The minimum atomic E-state index is -0.695. The smallest absolute Gasteiger partial charge is 1.00 e. The number of hydrogen-bond donors (Lipinski definition) is 4. The summed E-state index contributed by atoms with van der Waals surface area (Å²) in [6, 6.07) is 0. The first-order valence-electron chi connectivity index (χ1n) is 15.6. The molecule has 0 amide bonds. The van der Waals surface area contributed by atoms with Crippen LogP contribution in [0.3, 0.4) is 0 Å². The minimum absolute atomic E-state index is 0. The summed E-state index contributed by atoms with van der Waals surface area (Å²) in [4.78, 5) is 22.4. The van der Waals surface area contributed by atoms with Crippen molar-refractivity contribution in [2.75, 3.05) is 0 Å². The second kappa shape index (κ2) is 11.6. The molecule has 12 bridgehead atoms. The molecule has 41 heavy (non-hydrogen) atoms. The Morgan fingerprint density at radius 3 is 1.44 bits per heavy atom. The van der Waals surface area contributed by atoms with Crippen molar-refractivity contribution in [3.05, 3.63) is 0 Å². The predicted molar refractivity (Wildman–Crippen MR) is 150 cm³/mol. The Bertz CT molecular complexity index is 985. The number of aliphatic hydroxyl groups excluding tert-OH is 1. The number of hydrogen-bond acceptors (Lipinski definition) is 7. The monoisotopic (exact) mass is 599 g/mol. The first-order valence-corrected chi connectivity index (χ1v) is 16.0. The summed E-state index contributed by atoms with van der Waals surface area (Å²) in [7, 11) is 0. The third kappa shape index (κ3) is 6.26. The Morgan fingerprint density at radius 2 is 1.05 bits per heavy atom. The standard InChI is InChI=1S/C11H15ClO3.C10H16O2.C10H14O2.B.Na.H/c12-10(13)15-9-7-1-6-2-8(9)5-11(14,3-6)4-7;2*11-9-7-1-6-2-8(9)5-10(12,3-6)4-7;;;/h6-9,14H,1-5H2;6-9,11-12H,1-5H2;6-8,12H,1-5H2;;;/q;;;;+1;-1. The maximum atomic E-state index is 11.6. The van der Waals surface area contributed by atoms with Crippen LogP contribution in [-0.2, 0) is 9.53 Å². The topological polar surface area (TPSA) is 124 Å². The van der Waals surface area contributed by atoms with Gasteiger partial charge >= 0.3 is 35.0 Å². The molecule has 0 aromatic heterocycles. The molecule has 223 valence electrons. The zero-order valence-corrected chi connectivity index (χ0v) is 27.2. The van der Waals surface area contributed by atoms with Crippen molar-refractivity contribution in [2.45, 2.75) is 125 Å². The molecule has 0 aromatic rings. The normalized spacial score (nSPS) is 53.8. The van der Waals surface area contributed by atoms with E-state index in [1.165, 1.54) is 12.8 Å². The molecule has 10 heteroatoms. The quantitative estimate of drug-likeness (QED) is 0.263. The molecule has 0 aromatic carbocycles. The van der Waals surface area contributed by atoms with Gasteiger partial charge in [0.25, 0.3) is 0 Å². The van der Waals surface area contributed by atoms with E-state index >= 15 is 0 Å². The van der Waals surface area contributed by atoms with E-state index in [9.17, 15) is 30.0 Å². The molecule has 0 spiro atoms. The molecule has 12 aliphatic rings. The fraction of sp³-hybridized carbons (Fsp3) is 0.935. The van der Waals surface area contributed by atoms with Crippen LogP contribution in [0.4, 0.5) is 4.79 Å². The van der Waals surface area contributed by atoms with Gasteiger partial charge in [-0.2, -0.15) is 0 Å². The van der Waals surface area contributed by atoms with Gasteiger partial charge in [-0.1, -0.05) is 0 Å². The van der Waals surface area contributed by atoms with Crippen LogP contribution >= 0.6 is 11.6 Å². The number of halogens is 1. The SMILES string of the molecule is O=C(Cl)OC1C2CC3CC1CC(O)(C3)C2.O=C1C2CC3CC1CC(O)(C3)C2.OC1C2CC3CC1CC(O)(C3)C2.[B].[H-].[Na+]. The van der Waals surface area contributed by atoms with Crippen LogP contribution < -0.4 is 29.6 Å². The van der Waals surface area contributed by atoms with Gasteiger partial charge in [0.2, 0.25) is 0 Å². The zero-order chi connectivity index (χ0) is 27.3. The predicted octanol–water partition coefficient (Wildman–Crippen LogP) is 1.08. The molecule has 12 fully saturated rings. The maximum absolute atomic E-state index is 11.6.